The summed E-state index contributed by atoms with van der Waals surface area (Å²) in [6.45, 7) is 9.17. The van der Waals surface area contributed by atoms with Crippen LogP contribution in [-0.2, 0) is 17.7 Å². The van der Waals surface area contributed by atoms with E-state index in [1.165, 1.54) is 11.3 Å². The van der Waals surface area contributed by atoms with Gasteiger partial charge >= 0.3 is 5.97 Å². The van der Waals surface area contributed by atoms with Gasteiger partial charge in [0, 0.05) is 28.4 Å². The number of amides is 1. The molecule has 1 amide bonds. The van der Waals surface area contributed by atoms with Crippen molar-refractivity contribution < 1.29 is 14.3 Å². The maximum Gasteiger partial charge on any atom is 0.341 e. The lowest BCUT2D eigenvalue weighted by Crippen LogP contribution is -2.30. The van der Waals surface area contributed by atoms with Crippen molar-refractivity contribution in [2.45, 2.75) is 45.1 Å². The summed E-state index contributed by atoms with van der Waals surface area (Å²) in [5.41, 5.74) is 2.15. The molecule has 3 rings (SSSR count). The molecule has 156 valence electrons. The quantitative estimate of drug-likeness (QED) is 0.467. The number of benzene rings is 1. The van der Waals surface area contributed by atoms with E-state index in [9.17, 15) is 9.59 Å². The fourth-order valence-corrected chi connectivity index (χ4v) is 5.45. The molecule has 1 aliphatic rings. The molecule has 0 unspecified atom stereocenters. The van der Waals surface area contributed by atoms with Crippen LogP contribution in [0.3, 0.4) is 0 Å². The van der Waals surface area contributed by atoms with Crippen molar-refractivity contribution in [3.8, 4) is 0 Å². The first kappa shape index (κ1) is 21.9. The predicted molar refractivity (Wildman–Crippen MR) is 120 cm³/mol. The van der Waals surface area contributed by atoms with Gasteiger partial charge < -0.3 is 10.1 Å². The maximum atomic E-state index is 12.8. The first-order valence-electron chi connectivity index (χ1n) is 10.2. The molecular weight excluding hydrogens is 404 g/mol. The second-order valence-electron chi connectivity index (χ2n) is 6.87. The standard InChI is InChI=1S/C22H28N2O3S2/c1-4-12-24-13-11-17-18(14-24)29-21(19(17)22(26)27-5-2)23-20(25)15-7-9-16(10-8-15)28-6-3/h7-10H,4-6,11-14H2,1-3H3,(H,23,25). The Morgan fingerprint density at radius 3 is 2.62 bits per heavy atom. The van der Waals surface area contributed by atoms with E-state index in [0.717, 1.165) is 53.6 Å². The van der Waals surface area contributed by atoms with Crippen molar-refractivity contribution in [2.75, 3.05) is 30.8 Å². The lowest BCUT2D eigenvalue weighted by molar-refractivity contribution is 0.0526. The minimum absolute atomic E-state index is 0.201. The molecule has 0 saturated heterocycles. The monoisotopic (exact) mass is 432 g/mol. The van der Waals surface area contributed by atoms with Gasteiger partial charge in [-0.3, -0.25) is 9.69 Å². The van der Waals surface area contributed by atoms with Gasteiger partial charge in [-0.05, 0) is 61.9 Å². The van der Waals surface area contributed by atoms with Crippen molar-refractivity contribution in [3.63, 3.8) is 0 Å². The van der Waals surface area contributed by atoms with Crippen LogP contribution in [0.1, 0.15) is 58.3 Å². The summed E-state index contributed by atoms with van der Waals surface area (Å²) in [5, 5.41) is 3.58. The maximum absolute atomic E-state index is 12.8. The highest BCUT2D eigenvalue weighted by atomic mass is 32.2. The lowest BCUT2D eigenvalue weighted by atomic mass is 10.0. The lowest BCUT2D eigenvalue weighted by Gasteiger charge is -2.26. The number of carbonyl (C=O) groups excluding carboxylic acids is 2. The van der Waals surface area contributed by atoms with Crippen molar-refractivity contribution in [2.24, 2.45) is 0 Å². The van der Waals surface area contributed by atoms with Gasteiger partial charge in [0.15, 0.2) is 0 Å². The molecule has 0 fully saturated rings. The topological polar surface area (TPSA) is 58.6 Å². The van der Waals surface area contributed by atoms with Crippen LogP contribution in [0.15, 0.2) is 29.2 Å². The van der Waals surface area contributed by atoms with Crippen LogP contribution in [0.5, 0.6) is 0 Å². The van der Waals surface area contributed by atoms with Gasteiger partial charge in [-0.25, -0.2) is 4.79 Å². The van der Waals surface area contributed by atoms with Gasteiger partial charge in [0.1, 0.15) is 5.00 Å². The molecule has 1 aliphatic heterocycles. The molecular formula is C22H28N2O3S2. The molecule has 1 N–H and O–H groups in total. The van der Waals surface area contributed by atoms with Crippen LogP contribution >= 0.6 is 23.1 Å². The number of nitrogens with zero attached hydrogens (tertiary/aromatic N) is 1. The summed E-state index contributed by atoms with van der Waals surface area (Å²) in [4.78, 5) is 30.2. The molecule has 0 spiro atoms. The van der Waals surface area contributed by atoms with Crippen LogP contribution in [0.4, 0.5) is 5.00 Å². The SMILES string of the molecule is CCCN1CCc2c(sc(NC(=O)c3ccc(SCC)cc3)c2C(=O)OCC)C1. The number of rotatable bonds is 8. The van der Waals surface area contributed by atoms with E-state index in [1.54, 1.807) is 18.7 Å². The summed E-state index contributed by atoms with van der Waals surface area (Å²) in [5.74, 6) is 0.441. The molecule has 2 heterocycles. The van der Waals surface area contributed by atoms with Crippen LogP contribution in [0, 0.1) is 0 Å². The van der Waals surface area contributed by atoms with E-state index in [2.05, 4.69) is 24.1 Å². The summed E-state index contributed by atoms with van der Waals surface area (Å²) in [6, 6.07) is 7.57. The van der Waals surface area contributed by atoms with E-state index >= 15 is 0 Å². The molecule has 0 atom stereocenters. The summed E-state index contributed by atoms with van der Waals surface area (Å²) in [6.07, 6.45) is 1.90. The number of hydrogen-bond donors (Lipinski definition) is 1. The number of esters is 1. The van der Waals surface area contributed by atoms with E-state index in [4.69, 9.17) is 4.74 Å². The molecule has 7 heteroatoms. The smallest absolute Gasteiger partial charge is 0.341 e. The highest BCUT2D eigenvalue weighted by Crippen LogP contribution is 2.38. The van der Waals surface area contributed by atoms with Gasteiger partial charge in [0.2, 0.25) is 0 Å². The van der Waals surface area contributed by atoms with Gasteiger partial charge in [-0.15, -0.1) is 23.1 Å². The number of nitrogens with one attached hydrogen (secondary N) is 1. The Morgan fingerprint density at radius 1 is 1.21 bits per heavy atom. The highest BCUT2D eigenvalue weighted by molar-refractivity contribution is 7.99. The van der Waals surface area contributed by atoms with Crippen molar-refractivity contribution >= 4 is 40.0 Å². The average Bonchev–Trinajstić information content (AvgIpc) is 3.06. The highest BCUT2D eigenvalue weighted by Gasteiger charge is 2.29. The molecule has 0 aliphatic carbocycles. The summed E-state index contributed by atoms with van der Waals surface area (Å²) in [7, 11) is 0. The Balaban J connectivity index is 1.85. The molecule has 0 radical (unpaired) electrons. The third kappa shape index (κ3) is 5.21. The van der Waals surface area contributed by atoms with Crippen molar-refractivity contribution in [1.29, 1.82) is 0 Å². The van der Waals surface area contributed by atoms with Crippen LogP contribution in [0.25, 0.3) is 0 Å². The van der Waals surface area contributed by atoms with Crippen LogP contribution in [0.2, 0.25) is 0 Å². The van der Waals surface area contributed by atoms with Gasteiger partial charge in [0.25, 0.3) is 5.91 Å². The molecule has 0 bridgehead atoms. The Kier molecular flexibility index (Phi) is 7.75. The molecule has 29 heavy (non-hydrogen) atoms. The first-order valence-corrected chi connectivity index (χ1v) is 12.0. The van der Waals surface area contributed by atoms with Gasteiger partial charge in [0.05, 0.1) is 12.2 Å². The summed E-state index contributed by atoms with van der Waals surface area (Å²) >= 11 is 3.24. The molecule has 1 aromatic heterocycles. The van der Waals surface area contributed by atoms with Crippen LogP contribution < -0.4 is 5.32 Å². The normalized spacial score (nSPS) is 13.8. The Bertz CT molecular complexity index is 862. The zero-order valence-corrected chi connectivity index (χ0v) is 18.9. The fourth-order valence-electron chi connectivity index (χ4n) is 3.52. The number of thioether (sulfide) groups is 1. The number of hydrogen-bond acceptors (Lipinski definition) is 6. The average molecular weight is 433 g/mol. The largest absolute Gasteiger partial charge is 0.462 e. The zero-order valence-electron chi connectivity index (χ0n) is 17.2. The fraction of sp³-hybridized carbons (Fsp3) is 0.455. The predicted octanol–water partition coefficient (Wildman–Crippen LogP) is 5.06. The zero-order chi connectivity index (χ0) is 20.8. The van der Waals surface area contributed by atoms with Gasteiger partial charge in [-0.2, -0.15) is 0 Å². The van der Waals surface area contributed by atoms with Gasteiger partial charge in [-0.1, -0.05) is 13.8 Å². The van der Waals surface area contributed by atoms with Crippen LogP contribution in [-0.4, -0.2) is 42.2 Å². The number of fused-ring (bicyclic) bond motifs is 1. The molecule has 2 aromatic rings. The molecule has 0 saturated carbocycles. The third-order valence-corrected chi connectivity index (χ3v) is 6.84. The minimum atomic E-state index is -0.348. The number of carbonyl (C=O) groups is 2. The first-order chi connectivity index (χ1) is 14.1. The third-order valence-electron chi connectivity index (χ3n) is 4.81. The Morgan fingerprint density at radius 2 is 1.97 bits per heavy atom. The summed E-state index contributed by atoms with van der Waals surface area (Å²) < 4.78 is 5.30. The second-order valence-corrected chi connectivity index (χ2v) is 9.31. The molecule has 5 nitrogen and oxygen atoms in total. The number of ether oxygens (including phenoxy) is 1. The Hall–Kier alpha value is -1.83. The van der Waals surface area contributed by atoms with E-state index in [1.807, 2.05) is 24.3 Å². The van der Waals surface area contributed by atoms with Crippen molar-refractivity contribution in [3.05, 3.63) is 45.8 Å². The second kappa shape index (κ2) is 10.3. The van der Waals surface area contributed by atoms with E-state index < -0.39 is 0 Å². The van der Waals surface area contributed by atoms with Crippen molar-refractivity contribution in [1.82, 2.24) is 4.90 Å². The minimum Gasteiger partial charge on any atom is -0.462 e. The number of thiophene rings is 1. The number of anilines is 1. The van der Waals surface area contributed by atoms with E-state index in [0.29, 0.717) is 22.7 Å². The Labute approximate surface area is 180 Å². The molecule has 1 aromatic carbocycles. The van der Waals surface area contributed by atoms with E-state index in [-0.39, 0.29) is 11.9 Å².